The van der Waals surface area contributed by atoms with Crippen LogP contribution in [0, 0.1) is 5.82 Å². The second-order valence-corrected chi connectivity index (χ2v) is 3.84. The molecule has 6 heteroatoms. The van der Waals surface area contributed by atoms with Crippen LogP contribution >= 0.6 is 12.6 Å². The van der Waals surface area contributed by atoms with Crippen molar-refractivity contribution in [2.24, 2.45) is 0 Å². The van der Waals surface area contributed by atoms with Crippen molar-refractivity contribution >= 4 is 25.2 Å². The lowest BCUT2D eigenvalue weighted by Gasteiger charge is -2.10. The Morgan fingerprint density at radius 3 is 2.69 bits per heavy atom. The van der Waals surface area contributed by atoms with Crippen LogP contribution in [-0.2, 0) is 0 Å². The Hall–Kier alpha value is -0.715. The molecule has 0 heterocycles. The number of rotatable bonds is 5. The number of hydrogen-bond acceptors (Lipinski definition) is 4. The average Bonchev–Trinajstić information content (AvgIpc) is 2.24. The van der Waals surface area contributed by atoms with Gasteiger partial charge in [-0.15, -0.1) is 12.6 Å². The van der Waals surface area contributed by atoms with E-state index in [1.165, 1.54) is 12.1 Å². The third-order valence-corrected chi connectivity index (χ3v) is 2.60. The van der Waals surface area contributed by atoms with Crippen LogP contribution in [0.5, 0.6) is 5.75 Å². The number of hydrogen-bond donors (Lipinski definition) is 3. The molecule has 0 aliphatic carbocycles. The van der Waals surface area contributed by atoms with E-state index in [0.29, 0.717) is 6.61 Å². The predicted molar refractivity (Wildman–Crippen MR) is 63.9 cm³/mol. The van der Waals surface area contributed by atoms with Gasteiger partial charge in [0.25, 0.3) is 0 Å². The SMILES string of the molecule is CCCCOc1ccc(B(O)O)c(S)c1F. The molecule has 0 radical (unpaired) electrons. The smallest absolute Gasteiger partial charge is 0.489 e. The first-order valence-corrected chi connectivity index (χ1v) is 5.53. The van der Waals surface area contributed by atoms with Crippen molar-refractivity contribution in [2.45, 2.75) is 24.7 Å². The summed E-state index contributed by atoms with van der Waals surface area (Å²) in [5.74, 6) is -0.576. The second kappa shape index (κ2) is 6.13. The molecule has 0 unspecified atom stereocenters. The van der Waals surface area contributed by atoms with Crippen molar-refractivity contribution in [3.63, 3.8) is 0 Å². The quantitative estimate of drug-likeness (QED) is 0.411. The first kappa shape index (κ1) is 13.4. The third-order valence-electron chi connectivity index (χ3n) is 2.15. The fourth-order valence-corrected chi connectivity index (χ4v) is 1.51. The monoisotopic (exact) mass is 244 g/mol. The zero-order valence-electron chi connectivity index (χ0n) is 8.98. The average molecular weight is 244 g/mol. The Morgan fingerprint density at radius 1 is 1.44 bits per heavy atom. The van der Waals surface area contributed by atoms with E-state index in [1.54, 1.807) is 0 Å². The first-order chi connectivity index (χ1) is 7.57. The lowest BCUT2D eigenvalue weighted by molar-refractivity contribution is 0.292. The van der Waals surface area contributed by atoms with Gasteiger partial charge in [0.05, 0.1) is 6.61 Å². The number of ether oxygens (including phenoxy) is 1. The number of benzene rings is 1. The molecule has 0 aliphatic heterocycles. The summed E-state index contributed by atoms with van der Waals surface area (Å²) in [6, 6.07) is 2.76. The van der Waals surface area contributed by atoms with Crippen LogP contribution in [0.1, 0.15) is 19.8 Å². The molecule has 0 amide bonds. The lowest BCUT2D eigenvalue weighted by atomic mass is 9.80. The minimum atomic E-state index is -1.73. The molecule has 3 nitrogen and oxygen atoms in total. The van der Waals surface area contributed by atoms with Crippen LogP contribution in [0.25, 0.3) is 0 Å². The number of unbranched alkanes of at least 4 members (excludes halogenated alkanes) is 1. The third kappa shape index (κ3) is 3.14. The fraction of sp³-hybridized carbons (Fsp3) is 0.400. The molecule has 0 fully saturated rings. The molecule has 1 aromatic rings. The molecule has 1 rings (SSSR count). The van der Waals surface area contributed by atoms with Crippen LogP contribution in [-0.4, -0.2) is 23.8 Å². The van der Waals surface area contributed by atoms with Gasteiger partial charge in [0.15, 0.2) is 11.6 Å². The van der Waals surface area contributed by atoms with Crippen LogP contribution in [0.3, 0.4) is 0 Å². The summed E-state index contributed by atoms with van der Waals surface area (Å²) in [4.78, 5) is -0.0935. The minimum Gasteiger partial charge on any atom is -0.490 e. The summed E-state index contributed by atoms with van der Waals surface area (Å²) < 4.78 is 18.8. The highest BCUT2D eigenvalue weighted by Gasteiger charge is 2.19. The first-order valence-electron chi connectivity index (χ1n) is 5.08. The molecule has 0 atom stereocenters. The summed E-state index contributed by atoms with van der Waals surface area (Å²) in [5.41, 5.74) is 0.0312. The second-order valence-electron chi connectivity index (χ2n) is 3.39. The van der Waals surface area contributed by atoms with Gasteiger partial charge in [0, 0.05) is 4.90 Å². The normalized spacial score (nSPS) is 10.3. The molecular formula is C10H14BFO3S. The Kier molecular flexibility index (Phi) is 5.11. The van der Waals surface area contributed by atoms with Crippen molar-refractivity contribution in [1.82, 2.24) is 0 Å². The summed E-state index contributed by atoms with van der Waals surface area (Å²) in [5, 5.41) is 17.9. The molecule has 16 heavy (non-hydrogen) atoms. The Morgan fingerprint density at radius 2 is 2.12 bits per heavy atom. The molecule has 0 saturated heterocycles. The largest absolute Gasteiger partial charge is 0.490 e. The van der Waals surface area contributed by atoms with Gasteiger partial charge in [-0.3, -0.25) is 0 Å². The van der Waals surface area contributed by atoms with Gasteiger partial charge in [-0.25, -0.2) is 4.39 Å². The van der Waals surface area contributed by atoms with E-state index >= 15 is 0 Å². The predicted octanol–water partition coefficient (Wildman–Crippen LogP) is 0.973. The van der Waals surface area contributed by atoms with Crippen LogP contribution in [0.2, 0.25) is 0 Å². The van der Waals surface area contributed by atoms with Crippen molar-refractivity contribution in [3.05, 3.63) is 17.9 Å². The van der Waals surface area contributed by atoms with Crippen molar-refractivity contribution in [1.29, 1.82) is 0 Å². The molecular weight excluding hydrogens is 230 g/mol. The van der Waals surface area contributed by atoms with Crippen LogP contribution in [0.15, 0.2) is 17.0 Å². The van der Waals surface area contributed by atoms with Gasteiger partial charge >= 0.3 is 7.12 Å². The summed E-state index contributed by atoms with van der Waals surface area (Å²) in [6.07, 6.45) is 1.80. The van der Waals surface area contributed by atoms with Crippen molar-refractivity contribution in [3.8, 4) is 5.75 Å². The molecule has 0 aliphatic rings. The summed E-state index contributed by atoms with van der Waals surface area (Å²) in [7, 11) is -1.73. The maximum atomic E-state index is 13.6. The summed E-state index contributed by atoms with van der Waals surface area (Å²) >= 11 is 3.89. The Balaban J connectivity index is 2.85. The Labute approximate surface area is 99.8 Å². The van der Waals surface area contributed by atoms with Gasteiger partial charge in [0.1, 0.15) is 0 Å². The van der Waals surface area contributed by atoms with E-state index in [4.69, 9.17) is 14.8 Å². The van der Waals surface area contributed by atoms with E-state index in [9.17, 15) is 4.39 Å². The summed E-state index contributed by atoms with van der Waals surface area (Å²) in [6.45, 7) is 2.44. The van der Waals surface area contributed by atoms with Gasteiger partial charge in [-0.1, -0.05) is 19.4 Å². The molecule has 88 valence electrons. The minimum absolute atomic E-state index is 0.0312. The van der Waals surface area contributed by atoms with E-state index in [0.717, 1.165) is 12.8 Å². The highest BCUT2D eigenvalue weighted by atomic mass is 32.1. The molecule has 0 bridgehead atoms. The van der Waals surface area contributed by atoms with E-state index in [2.05, 4.69) is 12.6 Å². The maximum Gasteiger partial charge on any atom is 0.489 e. The van der Waals surface area contributed by atoms with E-state index < -0.39 is 12.9 Å². The number of thiol groups is 1. The van der Waals surface area contributed by atoms with Crippen molar-refractivity contribution in [2.75, 3.05) is 6.61 Å². The van der Waals surface area contributed by atoms with E-state index in [1.807, 2.05) is 6.92 Å². The molecule has 1 aromatic carbocycles. The fourth-order valence-electron chi connectivity index (χ4n) is 1.21. The topological polar surface area (TPSA) is 49.7 Å². The van der Waals surface area contributed by atoms with Gasteiger partial charge in [-0.05, 0) is 17.9 Å². The zero-order valence-corrected chi connectivity index (χ0v) is 9.88. The lowest BCUT2D eigenvalue weighted by Crippen LogP contribution is -2.31. The van der Waals surface area contributed by atoms with Crippen LogP contribution < -0.4 is 10.2 Å². The number of halogens is 1. The Bertz CT molecular complexity index is 360. The molecule has 0 saturated carbocycles. The standard InChI is InChI=1S/C10H14BFO3S/c1-2-3-6-15-8-5-4-7(11(13)14)10(16)9(8)12/h4-5,13-14,16H,2-3,6H2,1H3. The van der Waals surface area contributed by atoms with E-state index in [-0.39, 0.29) is 16.1 Å². The maximum absolute atomic E-state index is 13.6. The molecule has 2 N–H and O–H groups in total. The zero-order chi connectivity index (χ0) is 12.1. The molecule has 0 spiro atoms. The van der Waals surface area contributed by atoms with Crippen molar-refractivity contribution < 1.29 is 19.2 Å². The highest BCUT2D eigenvalue weighted by Crippen LogP contribution is 2.22. The highest BCUT2D eigenvalue weighted by molar-refractivity contribution is 7.80. The van der Waals surface area contributed by atoms with Gasteiger partial charge < -0.3 is 14.8 Å². The van der Waals surface area contributed by atoms with Crippen LogP contribution in [0.4, 0.5) is 4.39 Å². The van der Waals surface area contributed by atoms with Gasteiger partial charge in [0.2, 0.25) is 0 Å². The van der Waals surface area contributed by atoms with Gasteiger partial charge in [-0.2, -0.15) is 0 Å². The molecule has 0 aromatic heterocycles.